The monoisotopic (exact) mass is 317 g/mol. The molecule has 6 nitrogen and oxygen atoms in total. The predicted molar refractivity (Wildman–Crippen MR) is 85.4 cm³/mol. The van der Waals surface area contributed by atoms with Crippen molar-refractivity contribution in [1.29, 1.82) is 0 Å². The number of aromatic nitrogens is 2. The van der Waals surface area contributed by atoms with Gasteiger partial charge in [0.1, 0.15) is 5.75 Å². The van der Waals surface area contributed by atoms with E-state index in [9.17, 15) is 5.11 Å². The fourth-order valence-corrected chi connectivity index (χ4v) is 3.32. The number of likely N-dealkylation sites (tertiary alicyclic amines) is 1. The summed E-state index contributed by atoms with van der Waals surface area (Å²) >= 11 is 0. The molecule has 6 heteroatoms. The normalized spacial score (nSPS) is 21.7. The van der Waals surface area contributed by atoms with Gasteiger partial charge in [-0.25, -0.2) is 0 Å². The van der Waals surface area contributed by atoms with Gasteiger partial charge >= 0.3 is 0 Å². The molecule has 23 heavy (non-hydrogen) atoms. The van der Waals surface area contributed by atoms with E-state index < -0.39 is 0 Å². The van der Waals surface area contributed by atoms with Crippen molar-refractivity contribution in [1.82, 2.24) is 15.0 Å². The molecular weight excluding hydrogens is 294 g/mol. The summed E-state index contributed by atoms with van der Waals surface area (Å²) in [5.74, 6) is 2.41. The van der Waals surface area contributed by atoms with Crippen molar-refractivity contribution in [3.63, 3.8) is 0 Å². The minimum Gasteiger partial charge on any atom is -0.496 e. The van der Waals surface area contributed by atoms with Crippen molar-refractivity contribution >= 4 is 0 Å². The molecule has 1 saturated heterocycles. The molecule has 0 bridgehead atoms. The van der Waals surface area contributed by atoms with Crippen molar-refractivity contribution in [2.45, 2.75) is 26.3 Å². The first-order chi connectivity index (χ1) is 11.1. The standard InChI is InChI=1S/C17H23N3O3/c1-11-6-13(4-5-16(11)22-3)7-20-8-14(10-21)15(9-20)17-18-12(2)19-23-17/h4-6,14-15,21H,7-10H2,1-3H3/t14-,15+/m0/s1. The number of ether oxygens (including phenoxy) is 1. The van der Waals surface area contributed by atoms with E-state index in [2.05, 4.69) is 27.2 Å². The fourth-order valence-electron chi connectivity index (χ4n) is 3.32. The van der Waals surface area contributed by atoms with Crippen LogP contribution in [0.15, 0.2) is 22.7 Å². The zero-order valence-electron chi connectivity index (χ0n) is 13.8. The molecule has 1 aromatic carbocycles. The minimum absolute atomic E-state index is 0.0977. The number of hydrogen-bond acceptors (Lipinski definition) is 6. The van der Waals surface area contributed by atoms with Gasteiger partial charge in [-0.2, -0.15) is 4.98 Å². The molecule has 2 heterocycles. The highest BCUT2D eigenvalue weighted by atomic mass is 16.5. The Bertz CT molecular complexity index is 671. The van der Waals surface area contributed by atoms with E-state index in [4.69, 9.17) is 9.26 Å². The van der Waals surface area contributed by atoms with Gasteiger partial charge in [0.2, 0.25) is 5.89 Å². The molecule has 2 atom stereocenters. The molecule has 1 aliphatic heterocycles. The van der Waals surface area contributed by atoms with E-state index >= 15 is 0 Å². The quantitative estimate of drug-likeness (QED) is 0.908. The van der Waals surface area contributed by atoms with Crippen LogP contribution in [0.4, 0.5) is 0 Å². The summed E-state index contributed by atoms with van der Waals surface area (Å²) in [6, 6.07) is 6.24. The molecular formula is C17H23N3O3. The van der Waals surface area contributed by atoms with Gasteiger partial charge in [-0.1, -0.05) is 17.3 Å². The molecule has 124 valence electrons. The van der Waals surface area contributed by atoms with Crippen LogP contribution in [0.25, 0.3) is 0 Å². The molecule has 1 fully saturated rings. The maximum atomic E-state index is 9.67. The Balaban J connectivity index is 1.71. The largest absolute Gasteiger partial charge is 0.496 e. The number of nitrogens with zero attached hydrogens (tertiary/aromatic N) is 3. The second kappa shape index (κ2) is 6.68. The zero-order chi connectivity index (χ0) is 16.4. The first kappa shape index (κ1) is 16.0. The van der Waals surface area contributed by atoms with Crippen molar-refractivity contribution < 1.29 is 14.4 Å². The predicted octanol–water partition coefficient (Wildman–Crippen LogP) is 1.90. The highest BCUT2D eigenvalue weighted by molar-refractivity contribution is 5.36. The molecule has 2 aromatic rings. The lowest BCUT2D eigenvalue weighted by atomic mass is 9.97. The summed E-state index contributed by atoms with van der Waals surface area (Å²) in [5, 5.41) is 13.5. The van der Waals surface area contributed by atoms with E-state index in [0.717, 1.165) is 30.9 Å². The Kier molecular flexibility index (Phi) is 4.63. The highest BCUT2D eigenvalue weighted by Gasteiger charge is 2.36. The summed E-state index contributed by atoms with van der Waals surface area (Å²) in [5.41, 5.74) is 2.37. The van der Waals surface area contributed by atoms with Crippen LogP contribution in [0, 0.1) is 19.8 Å². The van der Waals surface area contributed by atoms with E-state index in [0.29, 0.717) is 11.7 Å². The highest BCUT2D eigenvalue weighted by Crippen LogP contribution is 2.32. The van der Waals surface area contributed by atoms with Gasteiger partial charge in [0.05, 0.1) is 13.0 Å². The van der Waals surface area contributed by atoms with Gasteiger partial charge in [0.15, 0.2) is 5.82 Å². The van der Waals surface area contributed by atoms with E-state index in [1.165, 1.54) is 5.56 Å². The molecule has 0 spiro atoms. The second-order valence-electron chi connectivity index (χ2n) is 6.23. The summed E-state index contributed by atoms with van der Waals surface area (Å²) in [6.45, 7) is 6.47. The van der Waals surface area contributed by atoms with Gasteiger partial charge in [-0.05, 0) is 31.0 Å². The Morgan fingerprint density at radius 2 is 2.17 bits per heavy atom. The van der Waals surface area contributed by atoms with Crippen LogP contribution in [0.1, 0.15) is 28.8 Å². The lowest BCUT2D eigenvalue weighted by molar-refractivity contribution is 0.205. The number of aliphatic hydroxyl groups excluding tert-OH is 1. The van der Waals surface area contributed by atoms with Crippen molar-refractivity contribution in [3.8, 4) is 5.75 Å². The van der Waals surface area contributed by atoms with Gasteiger partial charge in [-0.15, -0.1) is 0 Å². The zero-order valence-corrected chi connectivity index (χ0v) is 13.8. The molecule has 0 saturated carbocycles. The molecule has 1 aliphatic rings. The first-order valence-corrected chi connectivity index (χ1v) is 7.87. The summed E-state index contributed by atoms with van der Waals surface area (Å²) in [7, 11) is 1.69. The number of rotatable bonds is 5. The number of aliphatic hydroxyl groups is 1. The van der Waals surface area contributed by atoms with Crippen LogP contribution >= 0.6 is 0 Å². The van der Waals surface area contributed by atoms with Crippen molar-refractivity contribution in [3.05, 3.63) is 41.0 Å². The average molecular weight is 317 g/mol. The van der Waals surface area contributed by atoms with Crippen LogP contribution in [0.5, 0.6) is 5.75 Å². The van der Waals surface area contributed by atoms with Crippen LogP contribution in [-0.4, -0.2) is 47.0 Å². The molecule has 0 radical (unpaired) electrons. The third kappa shape index (κ3) is 3.38. The summed E-state index contributed by atoms with van der Waals surface area (Å²) in [6.07, 6.45) is 0. The topological polar surface area (TPSA) is 71.6 Å². The average Bonchev–Trinajstić information content (AvgIpc) is 3.13. The van der Waals surface area contributed by atoms with Crippen molar-refractivity contribution in [2.24, 2.45) is 5.92 Å². The lowest BCUT2D eigenvalue weighted by Crippen LogP contribution is -2.21. The Morgan fingerprint density at radius 3 is 2.78 bits per heavy atom. The molecule has 0 aliphatic carbocycles. The van der Waals surface area contributed by atoms with Crippen molar-refractivity contribution in [2.75, 3.05) is 26.8 Å². The molecule has 1 aromatic heterocycles. The smallest absolute Gasteiger partial charge is 0.231 e. The van der Waals surface area contributed by atoms with E-state index in [1.54, 1.807) is 7.11 Å². The second-order valence-corrected chi connectivity index (χ2v) is 6.23. The maximum absolute atomic E-state index is 9.67. The van der Waals surface area contributed by atoms with Crippen LogP contribution in [0.3, 0.4) is 0 Å². The van der Waals surface area contributed by atoms with Crippen LogP contribution < -0.4 is 4.74 Å². The van der Waals surface area contributed by atoms with Crippen LogP contribution in [0.2, 0.25) is 0 Å². The van der Waals surface area contributed by atoms with E-state index in [-0.39, 0.29) is 18.4 Å². The molecule has 3 rings (SSSR count). The lowest BCUT2D eigenvalue weighted by Gasteiger charge is -2.16. The molecule has 0 unspecified atom stereocenters. The maximum Gasteiger partial charge on any atom is 0.231 e. The Labute approximate surface area is 136 Å². The van der Waals surface area contributed by atoms with Crippen LogP contribution in [-0.2, 0) is 6.54 Å². The Hall–Kier alpha value is -1.92. The van der Waals surface area contributed by atoms with E-state index in [1.807, 2.05) is 19.9 Å². The third-order valence-electron chi connectivity index (χ3n) is 4.48. The number of benzene rings is 1. The van der Waals surface area contributed by atoms with Gasteiger partial charge < -0.3 is 14.4 Å². The summed E-state index contributed by atoms with van der Waals surface area (Å²) in [4.78, 5) is 6.66. The fraction of sp³-hybridized carbons (Fsp3) is 0.529. The van der Waals surface area contributed by atoms with Gasteiger partial charge in [-0.3, -0.25) is 4.90 Å². The Morgan fingerprint density at radius 1 is 1.35 bits per heavy atom. The number of hydrogen-bond donors (Lipinski definition) is 1. The first-order valence-electron chi connectivity index (χ1n) is 7.87. The van der Waals surface area contributed by atoms with Gasteiger partial charge in [0, 0.05) is 32.2 Å². The SMILES string of the molecule is COc1ccc(CN2C[C@@H](CO)[C@H](c3nc(C)no3)C2)cc1C. The third-order valence-corrected chi connectivity index (χ3v) is 4.48. The number of aryl methyl sites for hydroxylation is 2. The summed E-state index contributed by atoms with van der Waals surface area (Å²) < 4.78 is 10.6. The number of methoxy groups -OCH3 is 1. The molecule has 1 N–H and O–H groups in total. The molecule has 0 amide bonds. The van der Waals surface area contributed by atoms with Gasteiger partial charge in [0.25, 0.3) is 0 Å². The minimum atomic E-state index is 0.0977.